The number of amides is 1. The molecule has 2 bridgehead atoms. The fourth-order valence-electron chi connectivity index (χ4n) is 4.05. The zero-order chi connectivity index (χ0) is 15.5. The maximum Gasteiger partial charge on any atom is 0.232 e. The first kappa shape index (κ1) is 14.7. The Hall–Kier alpha value is -1.23. The minimum absolute atomic E-state index is 0.0723. The van der Waals surface area contributed by atoms with E-state index in [4.69, 9.17) is 0 Å². The molecule has 2 aliphatic rings. The molecule has 1 amide bonds. The number of ketones is 1. The van der Waals surface area contributed by atoms with Crippen molar-refractivity contribution in [3.05, 3.63) is 22.8 Å². The molecule has 1 N–H and O–H groups in total. The summed E-state index contributed by atoms with van der Waals surface area (Å²) in [6.07, 6.45) is 3.56. The lowest BCUT2D eigenvalue weighted by atomic mass is 9.64. The van der Waals surface area contributed by atoms with Gasteiger partial charge in [-0.15, -0.1) is 0 Å². The van der Waals surface area contributed by atoms with Crippen molar-refractivity contribution in [2.75, 3.05) is 5.32 Å². The van der Waals surface area contributed by atoms with Crippen molar-refractivity contribution in [2.24, 2.45) is 16.2 Å². The zero-order valence-corrected chi connectivity index (χ0v) is 14.1. The Morgan fingerprint density at radius 3 is 2.48 bits per heavy atom. The van der Waals surface area contributed by atoms with Crippen LogP contribution in [0, 0.1) is 16.2 Å². The van der Waals surface area contributed by atoms with Gasteiger partial charge in [0, 0.05) is 22.5 Å². The second kappa shape index (κ2) is 4.38. The standard InChI is InChI=1S/C16H19BrN2O2/c1-14(2)15(3)6-7-16(14,8-11(15)20)13(21)19-12-5-4-10(17)9-18-12/h4-5,9H,6-8H2,1-3H3,(H,18,19,21)/t15-,16-/m0/s1. The normalized spacial score (nSPS) is 33.2. The van der Waals surface area contributed by atoms with Gasteiger partial charge in [0.2, 0.25) is 5.91 Å². The summed E-state index contributed by atoms with van der Waals surface area (Å²) in [7, 11) is 0. The second-order valence-corrected chi connectivity index (χ2v) is 7.87. The van der Waals surface area contributed by atoms with E-state index < -0.39 is 5.41 Å². The predicted molar refractivity (Wildman–Crippen MR) is 83.7 cm³/mol. The number of nitrogens with one attached hydrogen (secondary N) is 1. The summed E-state index contributed by atoms with van der Waals surface area (Å²) in [5.74, 6) is 0.677. The summed E-state index contributed by atoms with van der Waals surface area (Å²) in [5, 5.41) is 2.90. The topological polar surface area (TPSA) is 59.1 Å². The third-order valence-electron chi connectivity index (χ3n) is 6.11. The van der Waals surface area contributed by atoms with Crippen LogP contribution in [0.2, 0.25) is 0 Å². The van der Waals surface area contributed by atoms with Gasteiger partial charge in [-0.05, 0) is 46.3 Å². The molecule has 2 fully saturated rings. The molecule has 112 valence electrons. The first-order chi connectivity index (χ1) is 9.73. The molecule has 0 saturated heterocycles. The molecule has 2 saturated carbocycles. The molecular formula is C16H19BrN2O2. The highest BCUT2D eigenvalue weighted by Crippen LogP contribution is 2.70. The van der Waals surface area contributed by atoms with Gasteiger partial charge in [0.25, 0.3) is 0 Å². The van der Waals surface area contributed by atoms with Crippen LogP contribution in [0.5, 0.6) is 0 Å². The van der Waals surface area contributed by atoms with E-state index in [-0.39, 0.29) is 22.5 Å². The number of aromatic nitrogens is 1. The molecule has 0 aliphatic heterocycles. The number of carbonyl (C=O) groups is 2. The molecule has 1 heterocycles. The molecule has 0 aromatic carbocycles. The van der Waals surface area contributed by atoms with Gasteiger partial charge in [-0.2, -0.15) is 0 Å². The molecule has 1 aromatic rings. The van der Waals surface area contributed by atoms with Gasteiger partial charge in [-0.1, -0.05) is 20.8 Å². The molecule has 2 aliphatic carbocycles. The number of rotatable bonds is 2. The summed E-state index contributed by atoms with van der Waals surface area (Å²) in [6, 6.07) is 3.60. The lowest BCUT2D eigenvalue weighted by Gasteiger charge is -2.38. The second-order valence-electron chi connectivity index (χ2n) is 6.95. The monoisotopic (exact) mass is 350 g/mol. The lowest BCUT2D eigenvalue weighted by molar-refractivity contribution is -0.131. The third kappa shape index (κ3) is 1.76. The van der Waals surface area contributed by atoms with Gasteiger partial charge < -0.3 is 5.32 Å². The summed E-state index contributed by atoms with van der Waals surface area (Å²) < 4.78 is 0.864. The van der Waals surface area contributed by atoms with Crippen LogP contribution in [-0.2, 0) is 9.59 Å². The first-order valence-electron chi connectivity index (χ1n) is 7.19. The van der Waals surface area contributed by atoms with Gasteiger partial charge >= 0.3 is 0 Å². The van der Waals surface area contributed by atoms with Gasteiger partial charge in [-0.3, -0.25) is 9.59 Å². The van der Waals surface area contributed by atoms with Crippen LogP contribution in [0.25, 0.3) is 0 Å². The lowest BCUT2D eigenvalue weighted by Crippen LogP contribution is -2.43. The van der Waals surface area contributed by atoms with Crippen molar-refractivity contribution in [1.29, 1.82) is 0 Å². The fraction of sp³-hybridized carbons (Fsp3) is 0.562. The molecule has 1 aromatic heterocycles. The van der Waals surface area contributed by atoms with E-state index in [9.17, 15) is 9.59 Å². The highest BCUT2D eigenvalue weighted by Gasteiger charge is 2.72. The van der Waals surface area contributed by atoms with E-state index in [0.717, 1.165) is 17.3 Å². The van der Waals surface area contributed by atoms with Crippen molar-refractivity contribution in [3.63, 3.8) is 0 Å². The Morgan fingerprint density at radius 1 is 1.29 bits per heavy atom. The minimum atomic E-state index is -0.604. The summed E-state index contributed by atoms with van der Waals surface area (Å²) >= 11 is 3.32. The molecule has 3 rings (SSSR count). The van der Waals surface area contributed by atoms with Gasteiger partial charge in [0.15, 0.2) is 0 Å². The van der Waals surface area contributed by atoms with Crippen LogP contribution in [0.15, 0.2) is 22.8 Å². The Labute approximate surface area is 132 Å². The van der Waals surface area contributed by atoms with Crippen molar-refractivity contribution >= 4 is 33.4 Å². The number of hydrogen-bond donors (Lipinski definition) is 1. The van der Waals surface area contributed by atoms with E-state index in [1.807, 2.05) is 13.0 Å². The first-order valence-corrected chi connectivity index (χ1v) is 7.99. The minimum Gasteiger partial charge on any atom is -0.310 e. The van der Waals surface area contributed by atoms with E-state index in [2.05, 4.69) is 40.1 Å². The van der Waals surface area contributed by atoms with E-state index in [0.29, 0.717) is 12.2 Å². The van der Waals surface area contributed by atoms with Crippen LogP contribution in [0.4, 0.5) is 5.82 Å². The smallest absolute Gasteiger partial charge is 0.232 e. The van der Waals surface area contributed by atoms with Gasteiger partial charge in [0.05, 0.1) is 5.41 Å². The summed E-state index contributed by atoms with van der Waals surface area (Å²) in [6.45, 7) is 6.12. The largest absolute Gasteiger partial charge is 0.310 e. The predicted octanol–water partition coefficient (Wildman–Crippen LogP) is 3.57. The van der Waals surface area contributed by atoms with Crippen molar-refractivity contribution in [3.8, 4) is 0 Å². The van der Waals surface area contributed by atoms with Crippen LogP contribution in [0.3, 0.4) is 0 Å². The summed E-state index contributed by atoms with van der Waals surface area (Å²) in [5.41, 5.74) is -1.30. The van der Waals surface area contributed by atoms with E-state index in [1.54, 1.807) is 12.3 Å². The number of carbonyl (C=O) groups excluding carboxylic acids is 2. The number of anilines is 1. The fourth-order valence-corrected chi connectivity index (χ4v) is 4.28. The van der Waals surface area contributed by atoms with Gasteiger partial charge in [0.1, 0.15) is 11.6 Å². The van der Waals surface area contributed by atoms with Crippen molar-refractivity contribution in [1.82, 2.24) is 4.98 Å². The molecule has 4 nitrogen and oxygen atoms in total. The highest BCUT2D eigenvalue weighted by molar-refractivity contribution is 9.10. The number of halogens is 1. The summed E-state index contributed by atoms with van der Waals surface area (Å²) in [4.78, 5) is 29.4. The molecule has 0 spiro atoms. The number of hydrogen-bond acceptors (Lipinski definition) is 3. The maximum atomic E-state index is 12.9. The number of pyridine rings is 1. The molecule has 5 heteroatoms. The van der Waals surface area contributed by atoms with Crippen molar-refractivity contribution < 1.29 is 9.59 Å². The molecule has 0 unspecified atom stereocenters. The average molecular weight is 351 g/mol. The molecular weight excluding hydrogens is 332 g/mol. The molecule has 21 heavy (non-hydrogen) atoms. The van der Waals surface area contributed by atoms with Crippen LogP contribution in [-0.4, -0.2) is 16.7 Å². The molecule has 2 atom stereocenters. The van der Waals surface area contributed by atoms with Gasteiger partial charge in [-0.25, -0.2) is 4.98 Å². The highest BCUT2D eigenvalue weighted by atomic mass is 79.9. The zero-order valence-electron chi connectivity index (χ0n) is 12.5. The third-order valence-corrected chi connectivity index (χ3v) is 6.58. The Balaban J connectivity index is 1.91. The SMILES string of the molecule is CC1(C)[C@@]2(C(=O)Nc3ccc(Br)cn3)CC[C@@]1(C)C(=O)C2. The van der Waals surface area contributed by atoms with Crippen LogP contribution < -0.4 is 5.32 Å². The van der Waals surface area contributed by atoms with E-state index >= 15 is 0 Å². The Kier molecular flexibility index (Phi) is 3.07. The van der Waals surface area contributed by atoms with Crippen molar-refractivity contribution in [2.45, 2.75) is 40.0 Å². The maximum absolute atomic E-state index is 12.9. The Morgan fingerprint density at radius 2 is 2.00 bits per heavy atom. The Bertz CT molecular complexity index is 626. The van der Waals surface area contributed by atoms with Crippen LogP contribution in [0.1, 0.15) is 40.0 Å². The number of fused-ring (bicyclic) bond motifs is 2. The average Bonchev–Trinajstić information content (AvgIpc) is 2.72. The quantitative estimate of drug-likeness (QED) is 0.886. The van der Waals surface area contributed by atoms with E-state index in [1.165, 1.54) is 0 Å². The van der Waals surface area contributed by atoms with Crippen LogP contribution >= 0.6 is 15.9 Å². The number of nitrogens with zero attached hydrogens (tertiary/aromatic N) is 1. The molecule has 0 radical (unpaired) electrons. The number of Topliss-reactive ketones (excluding diaryl/α,β-unsaturated/α-hetero) is 1.